The Morgan fingerprint density at radius 2 is 1.81 bits per heavy atom. The van der Waals surface area contributed by atoms with Gasteiger partial charge in [-0.15, -0.1) is 11.3 Å². The van der Waals surface area contributed by atoms with Crippen LogP contribution in [0.1, 0.15) is 11.3 Å². The molecule has 2 heterocycles. The Morgan fingerprint density at radius 3 is 2.45 bits per heavy atom. The zero-order valence-electron chi connectivity index (χ0n) is 16.6. The summed E-state index contributed by atoms with van der Waals surface area (Å²) >= 11 is 0.983. The van der Waals surface area contributed by atoms with Crippen molar-refractivity contribution < 1.29 is 25.6 Å². The fourth-order valence-corrected chi connectivity index (χ4v) is 6.90. The molecule has 1 N–H and O–H groups in total. The third kappa shape index (κ3) is 4.08. The van der Waals surface area contributed by atoms with Crippen molar-refractivity contribution in [2.45, 2.75) is 23.0 Å². The molecule has 0 unspecified atom stereocenters. The number of anilines is 1. The zero-order valence-corrected chi connectivity index (χ0v) is 19.1. The molecule has 0 fully saturated rings. The van der Waals surface area contributed by atoms with Crippen LogP contribution < -0.4 is 4.72 Å². The minimum Gasteiger partial charge on any atom is -0.441 e. The standard InChI is InChI=1S/C20H17FN2O5S3/c1-11-10-22-19(28-11)13-4-6-16(18(8-13)30(3,24)25)23-31(26,27)20-12(2)15-9-14(21)5-7-17(15)29-20/h4-10,23H,1-3H3. The van der Waals surface area contributed by atoms with Gasteiger partial charge in [0.2, 0.25) is 5.89 Å². The molecule has 0 spiro atoms. The fraction of sp³-hybridized carbons (Fsp3) is 0.150. The Morgan fingerprint density at radius 1 is 1.06 bits per heavy atom. The van der Waals surface area contributed by atoms with E-state index in [1.807, 2.05) is 0 Å². The smallest absolute Gasteiger partial charge is 0.271 e. The fourth-order valence-electron chi connectivity index (χ4n) is 3.15. The van der Waals surface area contributed by atoms with Gasteiger partial charge in [-0.1, -0.05) is 0 Å². The zero-order chi connectivity index (χ0) is 22.6. The van der Waals surface area contributed by atoms with E-state index >= 15 is 0 Å². The van der Waals surface area contributed by atoms with E-state index in [0.29, 0.717) is 27.0 Å². The Hall–Kier alpha value is -2.76. The summed E-state index contributed by atoms with van der Waals surface area (Å²) in [4.78, 5) is 3.86. The van der Waals surface area contributed by atoms with E-state index in [0.717, 1.165) is 17.6 Å². The third-order valence-electron chi connectivity index (χ3n) is 4.59. The number of aromatic nitrogens is 1. The molecule has 4 aromatic rings. The maximum absolute atomic E-state index is 13.6. The Labute approximate surface area is 182 Å². The first-order valence-corrected chi connectivity index (χ1v) is 13.1. The van der Waals surface area contributed by atoms with Gasteiger partial charge in [0.1, 0.15) is 15.8 Å². The largest absolute Gasteiger partial charge is 0.441 e. The second-order valence-corrected chi connectivity index (χ2v) is 11.9. The van der Waals surface area contributed by atoms with E-state index in [2.05, 4.69) is 9.71 Å². The van der Waals surface area contributed by atoms with Crippen LogP contribution in [0, 0.1) is 19.7 Å². The number of sulfonamides is 1. The van der Waals surface area contributed by atoms with Crippen LogP contribution in [0.25, 0.3) is 21.5 Å². The maximum Gasteiger partial charge on any atom is 0.271 e. The lowest BCUT2D eigenvalue weighted by atomic mass is 10.2. The van der Waals surface area contributed by atoms with Gasteiger partial charge in [0.25, 0.3) is 10.0 Å². The van der Waals surface area contributed by atoms with Crippen molar-refractivity contribution in [3.8, 4) is 11.5 Å². The quantitative estimate of drug-likeness (QED) is 0.450. The van der Waals surface area contributed by atoms with Crippen LogP contribution in [0.4, 0.5) is 10.1 Å². The molecule has 2 aromatic heterocycles. The number of fused-ring (bicyclic) bond motifs is 1. The highest BCUT2D eigenvalue weighted by molar-refractivity contribution is 7.95. The SMILES string of the molecule is Cc1cnc(-c2ccc(NS(=O)(=O)c3sc4ccc(F)cc4c3C)c(S(C)(=O)=O)c2)o1. The van der Waals surface area contributed by atoms with E-state index in [1.54, 1.807) is 13.8 Å². The van der Waals surface area contributed by atoms with Gasteiger partial charge in [-0.05, 0) is 61.2 Å². The molecule has 0 saturated carbocycles. The number of thiophene rings is 1. The van der Waals surface area contributed by atoms with Crippen molar-refractivity contribution in [1.29, 1.82) is 0 Å². The molecular weight excluding hydrogens is 463 g/mol. The first-order chi connectivity index (χ1) is 14.5. The lowest BCUT2D eigenvalue weighted by Gasteiger charge is -2.12. The van der Waals surface area contributed by atoms with E-state index in [-0.39, 0.29) is 20.7 Å². The number of aryl methyl sites for hydroxylation is 2. The molecule has 0 aliphatic heterocycles. The third-order valence-corrected chi connectivity index (χ3v) is 8.99. The highest BCUT2D eigenvalue weighted by Gasteiger charge is 2.25. The monoisotopic (exact) mass is 480 g/mol. The highest BCUT2D eigenvalue weighted by atomic mass is 32.2. The van der Waals surface area contributed by atoms with Crippen LogP contribution >= 0.6 is 11.3 Å². The summed E-state index contributed by atoms with van der Waals surface area (Å²) in [6.45, 7) is 3.29. The molecular formula is C20H17FN2O5S3. The number of hydrogen-bond acceptors (Lipinski definition) is 7. The van der Waals surface area contributed by atoms with E-state index in [1.165, 1.54) is 42.6 Å². The summed E-state index contributed by atoms with van der Waals surface area (Å²) in [5.74, 6) is 0.304. The summed E-state index contributed by atoms with van der Waals surface area (Å²) in [5, 5.41) is 0.489. The molecule has 2 aromatic carbocycles. The van der Waals surface area contributed by atoms with Crippen molar-refractivity contribution in [2.24, 2.45) is 0 Å². The van der Waals surface area contributed by atoms with Gasteiger partial charge in [-0.2, -0.15) is 0 Å². The van der Waals surface area contributed by atoms with Gasteiger partial charge >= 0.3 is 0 Å². The molecule has 0 aliphatic carbocycles. The molecule has 0 atom stereocenters. The summed E-state index contributed by atoms with van der Waals surface area (Å²) < 4.78 is 72.9. The van der Waals surface area contributed by atoms with Crippen LogP contribution in [0.3, 0.4) is 0 Å². The van der Waals surface area contributed by atoms with Gasteiger partial charge in [0, 0.05) is 16.5 Å². The lowest BCUT2D eigenvalue weighted by molar-refractivity contribution is 0.542. The Kier molecular flexibility index (Phi) is 5.15. The Bertz CT molecular complexity index is 1540. The lowest BCUT2D eigenvalue weighted by Crippen LogP contribution is -2.15. The van der Waals surface area contributed by atoms with Gasteiger partial charge < -0.3 is 4.42 Å². The Balaban J connectivity index is 1.80. The number of sulfone groups is 1. The maximum atomic E-state index is 13.6. The molecule has 7 nitrogen and oxygen atoms in total. The first kappa shape index (κ1) is 21.5. The van der Waals surface area contributed by atoms with E-state index in [9.17, 15) is 21.2 Å². The highest BCUT2D eigenvalue weighted by Crippen LogP contribution is 2.36. The molecule has 11 heteroatoms. The van der Waals surface area contributed by atoms with Crippen molar-refractivity contribution in [1.82, 2.24) is 4.98 Å². The summed E-state index contributed by atoms with van der Waals surface area (Å²) in [5.41, 5.74) is 0.683. The predicted octanol–water partition coefficient (Wildman–Crippen LogP) is 4.52. The molecule has 4 rings (SSSR count). The van der Waals surface area contributed by atoms with Gasteiger partial charge in [-0.25, -0.2) is 26.2 Å². The van der Waals surface area contributed by atoms with Gasteiger partial charge in [-0.3, -0.25) is 4.72 Å². The van der Waals surface area contributed by atoms with Crippen LogP contribution in [-0.2, 0) is 19.9 Å². The minimum absolute atomic E-state index is 0.0139. The number of benzene rings is 2. The van der Waals surface area contributed by atoms with Crippen LogP contribution in [0.2, 0.25) is 0 Å². The van der Waals surface area contributed by atoms with Crippen molar-refractivity contribution >= 4 is 47.0 Å². The number of nitrogens with one attached hydrogen (secondary N) is 1. The van der Waals surface area contributed by atoms with Crippen LogP contribution in [0.5, 0.6) is 0 Å². The van der Waals surface area contributed by atoms with Crippen LogP contribution in [0.15, 0.2) is 56.1 Å². The molecule has 0 radical (unpaired) electrons. The molecule has 0 bridgehead atoms. The molecule has 0 aliphatic rings. The molecule has 162 valence electrons. The average molecular weight is 481 g/mol. The molecule has 0 amide bonds. The predicted molar refractivity (Wildman–Crippen MR) is 117 cm³/mol. The second kappa shape index (κ2) is 7.43. The van der Waals surface area contributed by atoms with Gasteiger partial charge in [0.15, 0.2) is 9.84 Å². The second-order valence-electron chi connectivity index (χ2n) is 7.02. The number of nitrogens with zero attached hydrogens (tertiary/aromatic N) is 1. The number of hydrogen-bond donors (Lipinski definition) is 1. The van der Waals surface area contributed by atoms with Crippen molar-refractivity contribution in [3.05, 3.63) is 59.7 Å². The summed E-state index contributed by atoms with van der Waals surface area (Å²) in [6, 6.07) is 8.22. The summed E-state index contributed by atoms with van der Waals surface area (Å²) in [7, 11) is -7.93. The van der Waals surface area contributed by atoms with Crippen molar-refractivity contribution in [3.63, 3.8) is 0 Å². The molecule has 31 heavy (non-hydrogen) atoms. The van der Waals surface area contributed by atoms with Crippen molar-refractivity contribution in [2.75, 3.05) is 11.0 Å². The average Bonchev–Trinajstić information content (AvgIpc) is 3.25. The summed E-state index contributed by atoms with van der Waals surface area (Å²) in [6.07, 6.45) is 2.48. The van der Waals surface area contributed by atoms with E-state index in [4.69, 9.17) is 4.42 Å². The number of halogens is 1. The topological polar surface area (TPSA) is 106 Å². The minimum atomic E-state index is -4.13. The first-order valence-electron chi connectivity index (χ1n) is 8.94. The van der Waals surface area contributed by atoms with Crippen LogP contribution in [-0.4, -0.2) is 28.1 Å². The van der Waals surface area contributed by atoms with Gasteiger partial charge in [0.05, 0.1) is 16.8 Å². The number of rotatable bonds is 5. The number of oxazole rings is 1. The van der Waals surface area contributed by atoms with E-state index < -0.39 is 25.7 Å². The molecule has 0 saturated heterocycles. The normalized spacial score (nSPS) is 12.4.